The fourth-order valence-electron chi connectivity index (χ4n) is 4.17. The number of nitrogens with zero attached hydrogens (tertiary/aromatic N) is 1. The number of aryl methyl sites for hydroxylation is 4. The van der Waals surface area contributed by atoms with Gasteiger partial charge in [0.05, 0.1) is 0 Å². The molecule has 0 aliphatic heterocycles. The lowest BCUT2D eigenvalue weighted by Gasteiger charge is -2.31. The first-order valence-electron chi connectivity index (χ1n) is 10.5. The molecular formula is C25H31NO3. The average Bonchev–Trinajstić information content (AvgIpc) is 2.63. The Labute approximate surface area is 173 Å². The van der Waals surface area contributed by atoms with E-state index in [4.69, 9.17) is 4.74 Å². The topological polar surface area (TPSA) is 46.6 Å². The maximum Gasteiger partial charge on any atom is 0.308 e. The third-order valence-electron chi connectivity index (χ3n) is 5.50. The van der Waals surface area contributed by atoms with Crippen LogP contribution in [0.2, 0.25) is 0 Å². The van der Waals surface area contributed by atoms with Crippen molar-refractivity contribution in [1.29, 1.82) is 0 Å². The lowest BCUT2D eigenvalue weighted by atomic mass is 9.92. The number of amides is 1. The van der Waals surface area contributed by atoms with E-state index < -0.39 is 0 Å². The van der Waals surface area contributed by atoms with Crippen LogP contribution in [-0.2, 0) is 30.5 Å². The number of carbonyl (C=O) groups excluding carboxylic acids is 2. The summed E-state index contributed by atoms with van der Waals surface area (Å²) in [5.74, 6) is 0.432. The number of benzene rings is 2. The Morgan fingerprint density at radius 3 is 1.97 bits per heavy atom. The van der Waals surface area contributed by atoms with E-state index in [0.717, 1.165) is 47.1 Å². The Balaban J connectivity index is 2.00. The van der Waals surface area contributed by atoms with Crippen molar-refractivity contribution in [3.05, 3.63) is 64.2 Å². The fraction of sp³-hybridized carbons (Fsp3) is 0.440. The predicted octanol–water partition coefficient (Wildman–Crippen LogP) is 4.75. The molecule has 0 heterocycles. The molecule has 6 rings (SSSR count). The molecule has 1 amide bonds. The molecule has 4 aliphatic carbocycles. The Morgan fingerprint density at radius 2 is 1.38 bits per heavy atom. The predicted molar refractivity (Wildman–Crippen MR) is 115 cm³/mol. The summed E-state index contributed by atoms with van der Waals surface area (Å²) in [5.41, 5.74) is 5.13. The van der Waals surface area contributed by atoms with Crippen LogP contribution >= 0.6 is 0 Å². The molecule has 0 radical (unpaired) electrons. The van der Waals surface area contributed by atoms with Crippen LogP contribution in [0.3, 0.4) is 0 Å². The average molecular weight is 394 g/mol. The van der Waals surface area contributed by atoms with E-state index in [1.54, 1.807) is 0 Å². The number of hydrogen-bond acceptors (Lipinski definition) is 3. The summed E-state index contributed by atoms with van der Waals surface area (Å²) in [6.07, 6.45) is 3.10. The van der Waals surface area contributed by atoms with Crippen LogP contribution in [0.25, 0.3) is 0 Å². The van der Waals surface area contributed by atoms with E-state index in [-0.39, 0.29) is 24.0 Å². The van der Waals surface area contributed by atoms with Crippen LogP contribution in [0, 0.1) is 0 Å². The molecule has 154 valence electrons. The van der Waals surface area contributed by atoms with Crippen molar-refractivity contribution in [3.63, 3.8) is 0 Å². The first-order chi connectivity index (χ1) is 13.8. The number of carbonyl (C=O) groups is 2. The second-order valence-electron chi connectivity index (χ2n) is 8.43. The van der Waals surface area contributed by atoms with Gasteiger partial charge < -0.3 is 9.64 Å². The third kappa shape index (κ3) is 4.87. The van der Waals surface area contributed by atoms with Crippen LogP contribution in [-0.4, -0.2) is 28.9 Å². The first-order valence-corrected chi connectivity index (χ1v) is 10.5. The molecule has 0 spiro atoms. The molecule has 0 fully saturated rings. The number of rotatable bonds is 4. The monoisotopic (exact) mass is 393 g/mol. The molecule has 2 aromatic rings. The van der Waals surface area contributed by atoms with E-state index in [1.165, 1.54) is 6.92 Å². The summed E-state index contributed by atoms with van der Waals surface area (Å²) in [5, 5.41) is 0. The minimum absolute atomic E-state index is 0.0954. The summed E-state index contributed by atoms with van der Waals surface area (Å²) >= 11 is 0. The highest BCUT2D eigenvalue weighted by Gasteiger charge is 2.24. The molecule has 0 unspecified atom stereocenters. The SMILES string of the molecule is CC(=O)Oc1cc2ccc1CCc1ccc(cc1C(=O)N(C(C)C)C(C)C)CC2. The van der Waals surface area contributed by atoms with E-state index in [1.807, 2.05) is 11.0 Å². The fourth-order valence-corrected chi connectivity index (χ4v) is 4.17. The van der Waals surface area contributed by atoms with Crippen LogP contribution in [0.15, 0.2) is 36.4 Å². The van der Waals surface area contributed by atoms with Crippen molar-refractivity contribution in [1.82, 2.24) is 4.90 Å². The van der Waals surface area contributed by atoms with Crippen molar-refractivity contribution < 1.29 is 14.3 Å². The molecule has 2 aromatic carbocycles. The van der Waals surface area contributed by atoms with E-state index in [2.05, 4.69) is 58.0 Å². The molecule has 0 atom stereocenters. The number of ether oxygens (including phenoxy) is 1. The molecule has 4 nitrogen and oxygen atoms in total. The zero-order valence-electron chi connectivity index (χ0n) is 18.1. The zero-order chi connectivity index (χ0) is 21.1. The van der Waals surface area contributed by atoms with Gasteiger partial charge in [-0.05, 0) is 87.8 Å². The van der Waals surface area contributed by atoms with Crippen molar-refractivity contribution >= 4 is 11.9 Å². The lowest BCUT2D eigenvalue weighted by molar-refractivity contribution is -0.131. The maximum absolute atomic E-state index is 13.4. The van der Waals surface area contributed by atoms with Gasteiger partial charge in [-0.25, -0.2) is 0 Å². The molecule has 4 aliphatic rings. The van der Waals surface area contributed by atoms with E-state index in [0.29, 0.717) is 12.2 Å². The van der Waals surface area contributed by atoms with Crippen molar-refractivity contribution in [2.75, 3.05) is 0 Å². The van der Waals surface area contributed by atoms with Gasteiger partial charge in [-0.2, -0.15) is 0 Å². The van der Waals surface area contributed by atoms with Gasteiger partial charge in [0.1, 0.15) is 5.75 Å². The quantitative estimate of drug-likeness (QED) is 0.556. The molecule has 0 N–H and O–H groups in total. The molecule has 0 saturated heterocycles. The summed E-state index contributed by atoms with van der Waals surface area (Å²) in [6, 6.07) is 12.7. The summed E-state index contributed by atoms with van der Waals surface area (Å²) in [6.45, 7) is 9.68. The van der Waals surface area contributed by atoms with Gasteiger partial charge in [-0.15, -0.1) is 0 Å². The van der Waals surface area contributed by atoms with Crippen LogP contribution in [0.4, 0.5) is 0 Å². The first kappa shape index (κ1) is 21.1. The summed E-state index contributed by atoms with van der Waals surface area (Å²) in [4.78, 5) is 26.9. The molecule has 0 saturated carbocycles. The maximum atomic E-state index is 13.4. The Hall–Kier alpha value is -2.62. The van der Waals surface area contributed by atoms with Gasteiger partial charge in [0.15, 0.2) is 0 Å². The number of esters is 1. The molecule has 29 heavy (non-hydrogen) atoms. The normalized spacial score (nSPS) is 13.3. The van der Waals surface area contributed by atoms with Gasteiger partial charge in [0, 0.05) is 24.6 Å². The van der Waals surface area contributed by atoms with Crippen LogP contribution < -0.4 is 4.74 Å². The Morgan fingerprint density at radius 1 is 0.828 bits per heavy atom. The van der Waals surface area contributed by atoms with Crippen LogP contribution in [0.5, 0.6) is 5.75 Å². The molecular weight excluding hydrogens is 362 g/mol. The van der Waals surface area contributed by atoms with Crippen molar-refractivity contribution in [2.24, 2.45) is 0 Å². The largest absolute Gasteiger partial charge is 0.426 e. The minimum Gasteiger partial charge on any atom is -0.426 e. The van der Waals surface area contributed by atoms with Gasteiger partial charge in [0.2, 0.25) is 0 Å². The standard InChI is InChI=1S/C25H31NO3/c1-16(2)26(17(3)4)25(28)23-14-19-6-7-20-9-11-22(13-12-21(23)10-8-19)24(15-20)29-18(5)27/h8-11,14-17H,6-7,12-13H2,1-5H3. The van der Waals surface area contributed by atoms with Gasteiger partial charge >= 0.3 is 5.97 Å². The summed E-state index contributed by atoms with van der Waals surface area (Å²) in [7, 11) is 0. The second-order valence-corrected chi connectivity index (χ2v) is 8.43. The van der Waals surface area contributed by atoms with Crippen molar-refractivity contribution in [3.8, 4) is 5.75 Å². The molecule has 0 aromatic heterocycles. The van der Waals surface area contributed by atoms with Gasteiger partial charge in [-0.3, -0.25) is 9.59 Å². The highest BCUT2D eigenvalue weighted by atomic mass is 16.5. The van der Waals surface area contributed by atoms with Crippen LogP contribution in [0.1, 0.15) is 67.2 Å². The van der Waals surface area contributed by atoms with E-state index >= 15 is 0 Å². The van der Waals surface area contributed by atoms with Crippen molar-refractivity contribution in [2.45, 2.75) is 72.4 Å². The summed E-state index contributed by atoms with van der Waals surface area (Å²) < 4.78 is 5.47. The minimum atomic E-state index is -0.306. The highest BCUT2D eigenvalue weighted by Crippen LogP contribution is 2.27. The lowest BCUT2D eigenvalue weighted by Crippen LogP contribution is -2.42. The third-order valence-corrected chi connectivity index (χ3v) is 5.50. The van der Waals surface area contributed by atoms with Gasteiger partial charge in [0.25, 0.3) is 5.91 Å². The Bertz CT molecular complexity index is 906. The molecule has 4 bridgehead atoms. The number of hydrogen-bond donors (Lipinski definition) is 0. The Kier molecular flexibility index (Phi) is 6.41. The molecule has 4 heteroatoms. The second kappa shape index (κ2) is 8.81. The highest BCUT2D eigenvalue weighted by molar-refractivity contribution is 5.96. The van der Waals surface area contributed by atoms with E-state index in [9.17, 15) is 9.59 Å². The zero-order valence-corrected chi connectivity index (χ0v) is 18.1. The van der Waals surface area contributed by atoms with Gasteiger partial charge in [-0.1, -0.05) is 24.3 Å². The smallest absolute Gasteiger partial charge is 0.308 e.